The van der Waals surface area contributed by atoms with Gasteiger partial charge in [-0.1, -0.05) is 11.6 Å². The van der Waals surface area contributed by atoms with Gasteiger partial charge in [-0.05, 0) is 49.9 Å². The molecular formula is C25H23ClFN5O2. The lowest BCUT2D eigenvalue weighted by Gasteiger charge is -2.29. The van der Waals surface area contributed by atoms with Gasteiger partial charge in [-0.15, -0.1) is 0 Å². The van der Waals surface area contributed by atoms with E-state index in [-0.39, 0.29) is 17.6 Å². The van der Waals surface area contributed by atoms with E-state index in [0.717, 1.165) is 17.7 Å². The first-order chi connectivity index (χ1) is 16.5. The van der Waals surface area contributed by atoms with Crippen LogP contribution < -0.4 is 5.56 Å². The van der Waals surface area contributed by atoms with Crippen molar-refractivity contribution in [2.75, 3.05) is 6.61 Å². The number of fused-ring (bicyclic) bond motifs is 1. The van der Waals surface area contributed by atoms with E-state index >= 15 is 0 Å². The van der Waals surface area contributed by atoms with Gasteiger partial charge in [0.1, 0.15) is 5.82 Å². The van der Waals surface area contributed by atoms with Crippen LogP contribution in [0.15, 0.2) is 47.7 Å². The summed E-state index contributed by atoms with van der Waals surface area (Å²) in [4.78, 5) is 17.8. The van der Waals surface area contributed by atoms with Gasteiger partial charge in [0, 0.05) is 53.0 Å². The Morgan fingerprint density at radius 1 is 1.12 bits per heavy atom. The van der Waals surface area contributed by atoms with Crippen LogP contribution in [0.1, 0.15) is 55.0 Å². The molecule has 2 aliphatic rings. The topological polar surface area (TPSA) is 74.8 Å². The monoisotopic (exact) mass is 479 g/mol. The lowest BCUT2D eigenvalue weighted by molar-refractivity contribution is 0.00463. The number of nitrogens with zero attached hydrogens (tertiary/aromatic N) is 5. The van der Waals surface area contributed by atoms with E-state index in [1.807, 2.05) is 16.9 Å². The van der Waals surface area contributed by atoms with Crippen LogP contribution in [0.4, 0.5) is 4.39 Å². The van der Waals surface area contributed by atoms with Gasteiger partial charge < -0.3 is 4.74 Å². The predicted octanol–water partition coefficient (Wildman–Crippen LogP) is 4.95. The fraction of sp³-hybridized carbons (Fsp3) is 0.360. The number of aromatic nitrogens is 5. The Morgan fingerprint density at radius 3 is 2.76 bits per heavy atom. The Morgan fingerprint density at radius 2 is 1.97 bits per heavy atom. The molecule has 7 nitrogen and oxygen atoms in total. The van der Waals surface area contributed by atoms with Crippen molar-refractivity contribution >= 4 is 22.4 Å². The summed E-state index contributed by atoms with van der Waals surface area (Å²) in [5, 5.41) is 9.93. The van der Waals surface area contributed by atoms with Crippen molar-refractivity contribution in [2.45, 2.75) is 43.7 Å². The van der Waals surface area contributed by atoms with E-state index in [2.05, 4.69) is 16.4 Å². The molecule has 2 atom stereocenters. The van der Waals surface area contributed by atoms with Crippen molar-refractivity contribution < 1.29 is 9.13 Å². The first kappa shape index (κ1) is 21.4. The van der Waals surface area contributed by atoms with Gasteiger partial charge in [0.15, 0.2) is 0 Å². The molecule has 1 saturated heterocycles. The number of aryl methyl sites for hydroxylation is 1. The minimum Gasteiger partial charge on any atom is -0.373 e. The number of rotatable bonds is 4. The molecule has 4 heterocycles. The van der Waals surface area contributed by atoms with Crippen molar-refractivity contribution in [3.8, 4) is 11.3 Å². The lowest BCUT2D eigenvalue weighted by Crippen LogP contribution is -2.22. The highest BCUT2D eigenvalue weighted by Gasteiger charge is 2.30. The molecule has 1 saturated carbocycles. The van der Waals surface area contributed by atoms with E-state index in [0.29, 0.717) is 46.1 Å². The SMILES string of the molecule is Cn1ncc2c(-c3ccc(Cl)cc3F)nc([C@@H]3CCO[C@@H](c4cnn(C5CC5)c4)C3)cc2c1=O. The Hall–Kier alpha value is -3.10. The summed E-state index contributed by atoms with van der Waals surface area (Å²) in [6.45, 7) is 0.572. The van der Waals surface area contributed by atoms with Crippen molar-refractivity contribution in [1.82, 2.24) is 24.5 Å². The predicted molar refractivity (Wildman–Crippen MR) is 126 cm³/mol. The zero-order valence-electron chi connectivity index (χ0n) is 18.6. The molecule has 0 bridgehead atoms. The molecular weight excluding hydrogens is 457 g/mol. The molecule has 4 aromatic rings. The molecule has 0 unspecified atom stereocenters. The highest BCUT2D eigenvalue weighted by Crippen LogP contribution is 2.40. The van der Waals surface area contributed by atoms with Crippen LogP contribution in [-0.4, -0.2) is 31.2 Å². The second kappa shape index (κ2) is 8.29. The maximum Gasteiger partial charge on any atom is 0.274 e. The number of pyridine rings is 1. The van der Waals surface area contributed by atoms with Crippen LogP contribution in [0.3, 0.4) is 0 Å². The number of hydrogen-bond acceptors (Lipinski definition) is 5. The average molecular weight is 480 g/mol. The van der Waals surface area contributed by atoms with Gasteiger partial charge in [-0.2, -0.15) is 10.2 Å². The van der Waals surface area contributed by atoms with E-state index in [1.165, 1.54) is 23.6 Å². The van der Waals surface area contributed by atoms with Crippen LogP contribution in [0.2, 0.25) is 5.02 Å². The third-order valence-corrected chi connectivity index (χ3v) is 7.00. The van der Waals surface area contributed by atoms with Crippen LogP contribution in [0.5, 0.6) is 0 Å². The van der Waals surface area contributed by atoms with E-state index < -0.39 is 5.82 Å². The molecule has 0 N–H and O–H groups in total. The van der Waals surface area contributed by atoms with Crippen molar-refractivity contribution in [3.63, 3.8) is 0 Å². The molecule has 3 aromatic heterocycles. The second-order valence-corrected chi connectivity index (χ2v) is 9.56. The summed E-state index contributed by atoms with van der Waals surface area (Å²) in [7, 11) is 1.60. The van der Waals surface area contributed by atoms with Crippen LogP contribution in [0.25, 0.3) is 22.0 Å². The molecule has 1 aliphatic carbocycles. The van der Waals surface area contributed by atoms with Crippen LogP contribution >= 0.6 is 11.6 Å². The fourth-order valence-corrected chi connectivity index (χ4v) is 4.86. The quantitative estimate of drug-likeness (QED) is 0.414. The molecule has 174 valence electrons. The van der Waals surface area contributed by atoms with E-state index in [1.54, 1.807) is 25.4 Å². The van der Waals surface area contributed by atoms with E-state index in [9.17, 15) is 9.18 Å². The van der Waals surface area contributed by atoms with Crippen molar-refractivity contribution in [3.05, 3.63) is 75.3 Å². The molecule has 1 aliphatic heterocycles. The minimum absolute atomic E-state index is 0.0550. The van der Waals surface area contributed by atoms with E-state index in [4.69, 9.17) is 21.3 Å². The molecule has 9 heteroatoms. The van der Waals surface area contributed by atoms with Gasteiger partial charge >= 0.3 is 0 Å². The number of halogens is 2. The summed E-state index contributed by atoms with van der Waals surface area (Å²) in [6.07, 6.45) is 9.25. The molecule has 34 heavy (non-hydrogen) atoms. The normalized spacial score (nSPS) is 20.7. The maximum absolute atomic E-state index is 14.9. The van der Waals surface area contributed by atoms with Crippen molar-refractivity contribution in [2.24, 2.45) is 7.05 Å². The Balaban J connectivity index is 1.43. The summed E-state index contributed by atoms with van der Waals surface area (Å²) in [5.74, 6) is -0.434. The third-order valence-electron chi connectivity index (χ3n) is 6.77. The molecule has 0 amide bonds. The highest BCUT2D eigenvalue weighted by molar-refractivity contribution is 6.30. The summed E-state index contributed by atoms with van der Waals surface area (Å²) < 4.78 is 24.3. The van der Waals surface area contributed by atoms with Crippen LogP contribution in [0, 0.1) is 5.82 Å². The third kappa shape index (κ3) is 3.80. The first-order valence-electron chi connectivity index (χ1n) is 11.5. The second-order valence-electron chi connectivity index (χ2n) is 9.12. The van der Waals surface area contributed by atoms with Crippen LogP contribution in [-0.2, 0) is 11.8 Å². The molecule has 1 aromatic carbocycles. The van der Waals surface area contributed by atoms with Gasteiger partial charge in [0.05, 0.1) is 35.6 Å². The standard InChI is InChI=1S/C25H23ClFN5O2/c1-31-25(33)19-10-22(30-24(20(19)12-28-31)18-5-2-16(26)9-21(18)27)14-6-7-34-23(8-14)15-11-29-32(13-15)17-3-4-17/h2,5,9-14,17,23H,3-4,6-8H2,1H3/t14-,23-/m1/s1. The zero-order valence-corrected chi connectivity index (χ0v) is 19.4. The molecule has 6 rings (SSSR count). The molecule has 2 fully saturated rings. The van der Waals surface area contributed by atoms with Gasteiger partial charge in [0.2, 0.25) is 0 Å². The number of benzene rings is 1. The smallest absolute Gasteiger partial charge is 0.274 e. The van der Waals surface area contributed by atoms with Crippen molar-refractivity contribution in [1.29, 1.82) is 0 Å². The summed E-state index contributed by atoms with van der Waals surface area (Å²) in [6, 6.07) is 6.82. The molecule has 0 radical (unpaired) electrons. The van der Waals surface area contributed by atoms with Gasteiger partial charge in [-0.25, -0.2) is 9.07 Å². The average Bonchev–Trinajstić information content (AvgIpc) is 3.57. The lowest BCUT2D eigenvalue weighted by atomic mass is 9.89. The Bertz CT molecular complexity index is 1460. The molecule has 0 spiro atoms. The van der Waals surface area contributed by atoms with Gasteiger partial charge in [0.25, 0.3) is 5.56 Å². The number of hydrogen-bond donors (Lipinski definition) is 0. The summed E-state index contributed by atoms with van der Waals surface area (Å²) in [5.41, 5.74) is 2.26. The van der Waals surface area contributed by atoms with Gasteiger partial charge in [-0.3, -0.25) is 14.5 Å². The zero-order chi connectivity index (χ0) is 23.4. The minimum atomic E-state index is -0.489. The first-order valence-corrected chi connectivity index (χ1v) is 11.8. The fourth-order valence-electron chi connectivity index (χ4n) is 4.71. The number of ether oxygens (including phenoxy) is 1. The highest BCUT2D eigenvalue weighted by atomic mass is 35.5. The summed E-state index contributed by atoms with van der Waals surface area (Å²) >= 11 is 5.97. The Labute approximate surface area is 200 Å². The largest absolute Gasteiger partial charge is 0.373 e. The Kier molecular flexibility index (Phi) is 5.22. The maximum atomic E-state index is 14.9.